The molecule has 2 aromatic rings. The number of benzene rings is 2. The molecular formula is C24H28N4O4. The van der Waals surface area contributed by atoms with Gasteiger partial charge in [0.05, 0.1) is 24.9 Å². The molecule has 0 bridgehead atoms. The van der Waals surface area contributed by atoms with E-state index in [-0.39, 0.29) is 30.2 Å². The van der Waals surface area contributed by atoms with E-state index in [4.69, 9.17) is 4.74 Å². The van der Waals surface area contributed by atoms with Gasteiger partial charge in [-0.25, -0.2) is 0 Å². The molecule has 0 atom stereocenters. The van der Waals surface area contributed by atoms with Crippen molar-refractivity contribution in [1.82, 2.24) is 9.80 Å². The fraction of sp³-hybridized carbons (Fsp3) is 0.375. The lowest BCUT2D eigenvalue weighted by molar-refractivity contribution is -0.134. The van der Waals surface area contributed by atoms with Crippen molar-refractivity contribution in [2.75, 3.05) is 50.5 Å². The van der Waals surface area contributed by atoms with Crippen LogP contribution in [0.2, 0.25) is 0 Å². The van der Waals surface area contributed by atoms with Crippen molar-refractivity contribution in [2.45, 2.75) is 12.8 Å². The Morgan fingerprint density at radius 3 is 2.28 bits per heavy atom. The lowest BCUT2D eigenvalue weighted by atomic mass is 10.1. The number of piperazine rings is 1. The summed E-state index contributed by atoms with van der Waals surface area (Å²) in [6.07, 6.45) is 2.01. The highest BCUT2D eigenvalue weighted by Crippen LogP contribution is 2.31. The van der Waals surface area contributed by atoms with Gasteiger partial charge in [-0.3, -0.25) is 19.3 Å². The minimum absolute atomic E-state index is 0.184. The second kappa shape index (κ2) is 9.82. The zero-order chi connectivity index (χ0) is 22.5. The zero-order valence-electron chi connectivity index (χ0n) is 18.2. The first-order valence-electron chi connectivity index (χ1n) is 10.9. The van der Waals surface area contributed by atoms with Gasteiger partial charge in [0.15, 0.2) is 0 Å². The van der Waals surface area contributed by atoms with Gasteiger partial charge in [-0.1, -0.05) is 12.1 Å². The van der Waals surface area contributed by atoms with E-state index in [0.29, 0.717) is 48.9 Å². The number of para-hydroxylation sites is 1. The van der Waals surface area contributed by atoms with Crippen molar-refractivity contribution in [3.05, 3.63) is 54.1 Å². The van der Waals surface area contributed by atoms with Crippen LogP contribution in [0.5, 0.6) is 5.75 Å². The van der Waals surface area contributed by atoms with Gasteiger partial charge < -0.3 is 20.3 Å². The Morgan fingerprint density at radius 2 is 1.62 bits per heavy atom. The van der Waals surface area contributed by atoms with E-state index in [9.17, 15) is 14.4 Å². The second-order valence-corrected chi connectivity index (χ2v) is 8.15. The van der Waals surface area contributed by atoms with Crippen molar-refractivity contribution in [3.63, 3.8) is 0 Å². The first-order chi connectivity index (χ1) is 15.5. The van der Waals surface area contributed by atoms with Crippen LogP contribution in [0.4, 0.5) is 11.4 Å². The number of ether oxygens (including phenoxy) is 1. The van der Waals surface area contributed by atoms with Crippen LogP contribution in [0.3, 0.4) is 0 Å². The van der Waals surface area contributed by atoms with Gasteiger partial charge in [0.1, 0.15) is 5.75 Å². The molecule has 8 heteroatoms. The third kappa shape index (κ3) is 5.45. The number of anilines is 2. The SMILES string of the molecule is COc1ccc(NC(=O)c2ccccc2NC(=O)CN2CCN(C(=O)C3CC3)CC2)cc1. The lowest BCUT2D eigenvalue weighted by Gasteiger charge is -2.34. The molecule has 2 aromatic carbocycles. The Hall–Kier alpha value is -3.39. The van der Waals surface area contributed by atoms with E-state index < -0.39 is 0 Å². The molecule has 0 aromatic heterocycles. The van der Waals surface area contributed by atoms with E-state index in [1.807, 2.05) is 9.80 Å². The van der Waals surface area contributed by atoms with Gasteiger partial charge in [-0.05, 0) is 49.2 Å². The van der Waals surface area contributed by atoms with Gasteiger partial charge in [-0.15, -0.1) is 0 Å². The minimum Gasteiger partial charge on any atom is -0.497 e. The van der Waals surface area contributed by atoms with Crippen LogP contribution in [0, 0.1) is 5.92 Å². The molecule has 2 aliphatic rings. The fourth-order valence-electron chi connectivity index (χ4n) is 3.77. The number of amides is 3. The monoisotopic (exact) mass is 436 g/mol. The molecule has 8 nitrogen and oxygen atoms in total. The predicted molar refractivity (Wildman–Crippen MR) is 122 cm³/mol. The van der Waals surface area contributed by atoms with Crippen LogP contribution in [-0.2, 0) is 9.59 Å². The average molecular weight is 437 g/mol. The van der Waals surface area contributed by atoms with Gasteiger partial charge in [0.25, 0.3) is 5.91 Å². The summed E-state index contributed by atoms with van der Waals surface area (Å²) in [4.78, 5) is 41.5. The highest BCUT2D eigenvalue weighted by molar-refractivity contribution is 6.10. The molecule has 4 rings (SSSR count). The standard InChI is InChI=1S/C24H28N4O4/c1-32-19-10-8-18(9-11-19)25-23(30)20-4-2-3-5-21(20)26-22(29)16-27-12-14-28(15-13-27)24(31)17-6-7-17/h2-5,8-11,17H,6-7,12-16H2,1H3,(H,25,30)(H,26,29). The van der Waals surface area contributed by atoms with Gasteiger partial charge in [-0.2, -0.15) is 0 Å². The maximum atomic E-state index is 12.8. The molecule has 2 N–H and O–H groups in total. The molecule has 1 saturated carbocycles. The molecule has 0 spiro atoms. The maximum absolute atomic E-state index is 12.8. The molecule has 0 unspecified atom stereocenters. The fourth-order valence-corrected chi connectivity index (χ4v) is 3.77. The Bertz CT molecular complexity index is 980. The first-order valence-corrected chi connectivity index (χ1v) is 10.9. The van der Waals surface area contributed by atoms with E-state index >= 15 is 0 Å². The molecule has 1 heterocycles. The number of carbonyl (C=O) groups is 3. The molecule has 168 valence electrons. The van der Waals surface area contributed by atoms with Crippen molar-refractivity contribution in [3.8, 4) is 5.75 Å². The summed E-state index contributed by atoms with van der Waals surface area (Å²) in [7, 11) is 1.58. The summed E-state index contributed by atoms with van der Waals surface area (Å²) >= 11 is 0. The Morgan fingerprint density at radius 1 is 0.938 bits per heavy atom. The Labute approximate surface area is 187 Å². The Kier molecular flexibility index (Phi) is 6.70. The van der Waals surface area contributed by atoms with E-state index in [2.05, 4.69) is 10.6 Å². The third-order valence-corrected chi connectivity index (χ3v) is 5.77. The number of rotatable bonds is 7. The van der Waals surface area contributed by atoms with Crippen LogP contribution < -0.4 is 15.4 Å². The van der Waals surface area contributed by atoms with Gasteiger partial charge in [0.2, 0.25) is 11.8 Å². The van der Waals surface area contributed by atoms with Crippen LogP contribution >= 0.6 is 0 Å². The number of hydrogen-bond acceptors (Lipinski definition) is 5. The molecule has 0 radical (unpaired) electrons. The molecule has 1 aliphatic heterocycles. The number of carbonyl (C=O) groups excluding carboxylic acids is 3. The normalized spacial score (nSPS) is 16.3. The number of methoxy groups -OCH3 is 1. The smallest absolute Gasteiger partial charge is 0.257 e. The van der Waals surface area contributed by atoms with Crippen LogP contribution in [-0.4, -0.2) is 67.4 Å². The number of hydrogen-bond donors (Lipinski definition) is 2. The quantitative estimate of drug-likeness (QED) is 0.696. The first kappa shape index (κ1) is 21.8. The molecule has 2 fully saturated rings. The van der Waals surface area contributed by atoms with Crippen molar-refractivity contribution >= 4 is 29.1 Å². The van der Waals surface area contributed by atoms with Gasteiger partial charge >= 0.3 is 0 Å². The van der Waals surface area contributed by atoms with Crippen LogP contribution in [0.25, 0.3) is 0 Å². The highest BCUT2D eigenvalue weighted by Gasteiger charge is 2.34. The summed E-state index contributed by atoms with van der Waals surface area (Å²) in [6, 6.07) is 14.0. The number of nitrogens with zero attached hydrogens (tertiary/aromatic N) is 2. The van der Waals surface area contributed by atoms with Crippen LogP contribution in [0.15, 0.2) is 48.5 Å². The number of nitrogens with one attached hydrogen (secondary N) is 2. The van der Waals surface area contributed by atoms with Crippen molar-refractivity contribution < 1.29 is 19.1 Å². The molecular weight excluding hydrogens is 408 g/mol. The van der Waals surface area contributed by atoms with E-state index in [1.54, 1.807) is 55.6 Å². The summed E-state index contributed by atoms with van der Waals surface area (Å²) in [6.45, 7) is 2.88. The largest absolute Gasteiger partial charge is 0.497 e. The summed E-state index contributed by atoms with van der Waals surface area (Å²) in [5.74, 6) is 0.694. The maximum Gasteiger partial charge on any atom is 0.257 e. The minimum atomic E-state index is -0.307. The molecule has 32 heavy (non-hydrogen) atoms. The predicted octanol–water partition coefficient (Wildman–Crippen LogP) is 2.44. The second-order valence-electron chi connectivity index (χ2n) is 8.15. The van der Waals surface area contributed by atoms with Crippen LogP contribution in [0.1, 0.15) is 23.2 Å². The zero-order valence-corrected chi connectivity index (χ0v) is 18.2. The summed E-state index contributed by atoms with van der Waals surface area (Å²) in [5, 5.41) is 5.70. The lowest BCUT2D eigenvalue weighted by Crippen LogP contribution is -2.50. The highest BCUT2D eigenvalue weighted by atomic mass is 16.5. The molecule has 3 amide bonds. The average Bonchev–Trinajstić information content (AvgIpc) is 3.65. The van der Waals surface area contributed by atoms with Crippen molar-refractivity contribution in [2.24, 2.45) is 5.92 Å². The third-order valence-electron chi connectivity index (χ3n) is 5.77. The summed E-state index contributed by atoms with van der Waals surface area (Å²) in [5.41, 5.74) is 1.48. The molecule has 1 saturated heterocycles. The Balaban J connectivity index is 1.31. The van der Waals surface area contributed by atoms with E-state index in [1.165, 1.54) is 0 Å². The van der Waals surface area contributed by atoms with Crippen molar-refractivity contribution in [1.29, 1.82) is 0 Å². The molecule has 1 aliphatic carbocycles. The topological polar surface area (TPSA) is 91.0 Å². The summed E-state index contributed by atoms with van der Waals surface area (Å²) < 4.78 is 5.13. The van der Waals surface area contributed by atoms with Gasteiger partial charge in [0, 0.05) is 37.8 Å². The van der Waals surface area contributed by atoms with E-state index in [0.717, 1.165) is 12.8 Å².